The maximum absolute atomic E-state index is 3.75. The van der Waals surface area contributed by atoms with Gasteiger partial charge in [0.15, 0.2) is 0 Å². The van der Waals surface area contributed by atoms with E-state index >= 15 is 0 Å². The van der Waals surface area contributed by atoms with Crippen LogP contribution in [0.15, 0.2) is 0 Å². The van der Waals surface area contributed by atoms with E-state index in [0.717, 1.165) is 6.54 Å². The quantitative estimate of drug-likeness (QED) is 0.784. The fraction of sp³-hybridized carbons (Fsp3) is 1.00. The third kappa shape index (κ3) is 5.27. The Morgan fingerprint density at radius 3 is 2.11 bits per heavy atom. The summed E-state index contributed by atoms with van der Waals surface area (Å²) < 4.78 is 0. The second-order valence-electron chi connectivity index (χ2n) is 8.11. The zero-order chi connectivity index (χ0) is 14.0. The minimum absolute atomic E-state index is 0.429. The normalized spacial score (nSPS) is 32.2. The van der Waals surface area contributed by atoms with Crippen molar-refractivity contribution >= 4 is 0 Å². The van der Waals surface area contributed by atoms with Crippen molar-refractivity contribution in [3.05, 3.63) is 0 Å². The summed E-state index contributed by atoms with van der Waals surface area (Å²) in [4.78, 5) is 0. The first-order chi connectivity index (χ1) is 8.12. The highest BCUT2D eigenvalue weighted by molar-refractivity contribution is 4.95. The SMILES string of the molecule is CC(C)NC[C@]1(C)C[C@H](NC(C)C)CC(C)(C)C1. The Balaban J connectivity index is 2.66. The molecule has 1 saturated carbocycles. The van der Waals surface area contributed by atoms with Crippen molar-refractivity contribution in [3.8, 4) is 0 Å². The van der Waals surface area contributed by atoms with Crippen LogP contribution in [0.2, 0.25) is 0 Å². The molecule has 0 saturated heterocycles. The molecule has 1 aliphatic carbocycles. The molecule has 0 aliphatic heterocycles. The minimum atomic E-state index is 0.429. The van der Waals surface area contributed by atoms with Gasteiger partial charge in [0, 0.05) is 24.7 Å². The highest BCUT2D eigenvalue weighted by atomic mass is 15.0. The molecule has 0 amide bonds. The standard InChI is InChI=1S/C16H34N2/c1-12(2)17-11-16(7)9-14(18-13(3)4)8-15(5,6)10-16/h12-14,17-18H,8-11H2,1-7H3/t14-,16-/m1/s1. The molecular formula is C16H34N2. The molecule has 108 valence electrons. The third-order valence-corrected chi connectivity index (χ3v) is 3.95. The second kappa shape index (κ2) is 5.92. The highest BCUT2D eigenvalue weighted by Gasteiger charge is 2.41. The summed E-state index contributed by atoms with van der Waals surface area (Å²) in [6, 6.07) is 1.85. The lowest BCUT2D eigenvalue weighted by Crippen LogP contribution is -2.50. The summed E-state index contributed by atoms with van der Waals surface area (Å²) in [6.07, 6.45) is 3.94. The number of hydrogen-bond acceptors (Lipinski definition) is 2. The van der Waals surface area contributed by atoms with Crippen LogP contribution in [0.4, 0.5) is 0 Å². The van der Waals surface area contributed by atoms with E-state index < -0.39 is 0 Å². The second-order valence-corrected chi connectivity index (χ2v) is 8.11. The molecule has 0 aromatic rings. The zero-order valence-electron chi connectivity index (χ0n) is 13.6. The molecule has 2 nitrogen and oxygen atoms in total. The van der Waals surface area contributed by atoms with Crippen molar-refractivity contribution in [1.29, 1.82) is 0 Å². The molecule has 2 N–H and O–H groups in total. The molecular weight excluding hydrogens is 220 g/mol. The molecule has 2 atom stereocenters. The fourth-order valence-electron chi connectivity index (χ4n) is 3.81. The Bertz CT molecular complexity index is 258. The van der Waals surface area contributed by atoms with Crippen molar-refractivity contribution in [1.82, 2.24) is 10.6 Å². The van der Waals surface area contributed by atoms with Gasteiger partial charge in [0.25, 0.3) is 0 Å². The number of rotatable bonds is 5. The summed E-state index contributed by atoms with van der Waals surface area (Å²) in [7, 11) is 0. The van der Waals surface area contributed by atoms with Crippen LogP contribution in [0.1, 0.15) is 67.7 Å². The molecule has 0 bridgehead atoms. The van der Waals surface area contributed by atoms with Crippen molar-refractivity contribution in [2.75, 3.05) is 6.54 Å². The highest BCUT2D eigenvalue weighted by Crippen LogP contribution is 2.45. The van der Waals surface area contributed by atoms with Gasteiger partial charge in [0.05, 0.1) is 0 Å². The fourth-order valence-corrected chi connectivity index (χ4v) is 3.81. The van der Waals surface area contributed by atoms with Crippen molar-refractivity contribution in [3.63, 3.8) is 0 Å². The van der Waals surface area contributed by atoms with Crippen LogP contribution >= 0.6 is 0 Å². The van der Waals surface area contributed by atoms with E-state index in [9.17, 15) is 0 Å². The lowest BCUT2D eigenvalue weighted by molar-refractivity contribution is 0.0661. The summed E-state index contributed by atoms with van der Waals surface area (Å²) in [5.74, 6) is 0. The Hall–Kier alpha value is -0.0800. The summed E-state index contributed by atoms with van der Waals surface area (Å²) >= 11 is 0. The van der Waals surface area contributed by atoms with E-state index in [0.29, 0.717) is 29.0 Å². The van der Waals surface area contributed by atoms with Gasteiger partial charge in [-0.2, -0.15) is 0 Å². The zero-order valence-corrected chi connectivity index (χ0v) is 13.6. The van der Waals surface area contributed by atoms with E-state index in [1.165, 1.54) is 19.3 Å². The van der Waals surface area contributed by atoms with Gasteiger partial charge in [-0.15, -0.1) is 0 Å². The van der Waals surface area contributed by atoms with Crippen molar-refractivity contribution < 1.29 is 0 Å². The van der Waals surface area contributed by atoms with Crippen molar-refractivity contribution in [2.24, 2.45) is 10.8 Å². The van der Waals surface area contributed by atoms with Crippen LogP contribution in [0.5, 0.6) is 0 Å². The molecule has 1 aliphatic rings. The van der Waals surface area contributed by atoms with E-state index in [1.54, 1.807) is 0 Å². The maximum atomic E-state index is 3.75. The van der Waals surface area contributed by atoms with E-state index in [-0.39, 0.29) is 0 Å². The predicted molar refractivity (Wildman–Crippen MR) is 80.9 cm³/mol. The van der Waals surface area contributed by atoms with Crippen LogP contribution in [0.25, 0.3) is 0 Å². The van der Waals surface area contributed by atoms with Gasteiger partial charge < -0.3 is 10.6 Å². The van der Waals surface area contributed by atoms with Gasteiger partial charge in [-0.25, -0.2) is 0 Å². The van der Waals surface area contributed by atoms with Crippen LogP contribution in [-0.4, -0.2) is 24.7 Å². The first kappa shape index (κ1) is 16.0. The van der Waals surface area contributed by atoms with Gasteiger partial charge in [-0.3, -0.25) is 0 Å². The van der Waals surface area contributed by atoms with Crippen LogP contribution in [-0.2, 0) is 0 Å². The van der Waals surface area contributed by atoms with Crippen LogP contribution < -0.4 is 10.6 Å². The average molecular weight is 254 g/mol. The Morgan fingerprint density at radius 1 is 1.00 bits per heavy atom. The van der Waals surface area contributed by atoms with E-state index in [4.69, 9.17) is 0 Å². The minimum Gasteiger partial charge on any atom is -0.314 e. The van der Waals surface area contributed by atoms with Gasteiger partial charge in [-0.05, 0) is 30.1 Å². The molecule has 0 aromatic heterocycles. The molecule has 1 rings (SSSR count). The topological polar surface area (TPSA) is 24.1 Å². The maximum Gasteiger partial charge on any atom is 0.00801 e. The lowest BCUT2D eigenvalue weighted by Gasteiger charge is -2.48. The summed E-state index contributed by atoms with van der Waals surface area (Å²) in [6.45, 7) is 17.4. The van der Waals surface area contributed by atoms with Crippen LogP contribution in [0.3, 0.4) is 0 Å². The molecule has 0 aromatic carbocycles. The molecule has 2 heteroatoms. The Labute approximate surface area is 114 Å². The summed E-state index contributed by atoms with van der Waals surface area (Å²) in [5.41, 5.74) is 0.886. The van der Waals surface area contributed by atoms with Gasteiger partial charge >= 0.3 is 0 Å². The first-order valence-corrected chi connectivity index (χ1v) is 7.61. The van der Waals surface area contributed by atoms with Crippen molar-refractivity contribution in [2.45, 2.75) is 85.9 Å². The molecule has 18 heavy (non-hydrogen) atoms. The largest absolute Gasteiger partial charge is 0.314 e. The lowest BCUT2D eigenvalue weighted by atomic mass is 9.62. The molecule has 1 fully saturated rings. The monoisotopic (exact) mass is 254 g/mol. The summed E-state index contributed by atoms with van der Waals surface area (Å²) in [5, 5.41) is 7.39. The molecule has 0 radical (unpaired) electrons. The third-order valence-electron chi connectivity index (χ3n) is 3.95. The Kier molecular flexibility index (Phi) is 5.25. The van der Waals surface area contributed by atoms with Gasteiger partial charge in [0.1, 0.15) is 0 Å². The van der Waals surface area contributed by atoms with E-state index in [1.807, 2.05) is 0 Å². The number of nitrogens with one attached hydrogen (secondary N) is 2. The van der Waals surface area contributed by atoms with Crippen LogP contribution in [0, 0.1) is 10.8 Å². The average Bonchev–Trinajstić information content (AvgIpc) is 2.10. The van der Waals surface area contributed by atoms with E-state index in [2.05, 4.69) is 59.1 Å². The predicted octanol–water partition coefficient (Wildman–Crippen LogP) is 3.57. The smallest absolute Gasteiger partial charge is 0.00801 e. The van der Waals surface area contributed by atoms with Gasteiger partial charge in [-0.1, -0.05) is 48.5 Å². The first-order valence-electron chi connectivity index (χ1n) is 7.61. The molecule has 0 heterocycles. The number of hydrogen-bond donors (Lipinski definition) is 2. The Morgan fingerprint density at radius 2 is 1.61 bits per heavy atom. The molecule has 0 unspecified atom stereocenters. The van der Waals surface area contributed by atoms with Gasteiger partial charge in [0.2, 0.25) is 0 Å². The molecule has 0 spiro atoms.